The van der Waals surface area contributed by atoms with E-state index in [0.717, 1.165) is 18.7 Å². The molecule has 134 valence electrons. The molecule has 1 aromatic rings. The molecular formula is C16H24ClN3O3S. The van der Waals surface area contributed by atoms with Gasteiger partial charge in [-0.1, -0.05) is 17.7 Å². The predicted molar refractivity (Wildman–Crippen MR) is 94.7 cm³/mol. The summed E-state index contributed by atoms with van der Waals surface area (Å²) >= 11 is 0. The lowest BCUT2D eigenvalue weighted by Gasteiger charge is -2.33. The summed E-state index contributed by atoms with van der Waals surface area (Å²) in [5.74, 6) is 0.160. The molecule has 1 aromatic carbocycles. The molecule has 1 amide bonds. The van der Waals surface area contributed by atoms with Gasteiger partial charge in [-0.15, -0.1) is 12.4 Å². The molecule has 0 bridgehead atoms. The fourth-order valence-electron chi connectivity index (χ4n) is 2.89. The molecule has 0 atom stereocenters. The number of benzene rings is 1. The summed E-state index contributed by atoms with van der Waals surface area (Å²) in [4.78, 5) is 12.3. The molecule has 2 fully saturated rings. The van der Waals surface area contributed by atoms with Gasteiger partial charge >= 0.3 is 0 Å². The Labute approximate surface area is 149 Å². The summed E-state index contributed by atoms with van der Waals surface area (Å²) in [6.45, 7) is 4.31. The van der Waals surface area contributed by atoms with E-state index in [0.29, 0.717) is 30.8 Å². The van der Waals surface area contributed by atoms with Crippen molar-refractivity contribution in [3.05, 3.63) is 29.8 Å². The number of halogens is 1. The molecule has 0 unspecified atom stereocenters. The van der Waals surface area contributed by atoms with Crippen LogP contribution in [0.2, 0.25) is 0 Å². The molecule has 6 nitrogen and oxygen atoms in total. The molecule has 0 aliphatic carbocycles. The van der Waals surface area contributed by atoms with Crippen molar-refractivity contribution in [3.63, 3.8) is 0 Å². The zero-order chi connectivity index (χ0) is 16.4. The van der Waals surface area contributed by atoms with Crippen molar-refractivity contribution in [2.24, 2.45) is 5.92 Å². The number of aryl methyl sites for hydroxylation is 1. The fraction of sp³-hybridized carbons (Fsp3) is 0.562. The molecular weight excluding hydrogens is 350 g/mol. The number of hydrogen-bond donors (Lipinski definition) is 2. The van der Waals surface area contributed by atoms with Crippen LogP contribution >= 0.6 is 12.4 Å². The molecule has 2 aliphatic heterocycles. The van der Waals surface area contributed by atoms with E-state index in [2.05, 4.69) is 10.6 Å². The van der Waals surface area contributed by atoms with Crippen molar-refractivity contribution >= 4 is 28.3 Å². The van der Waals surface area contributed by atoms with Crippen molar-refractivity contribution in [3.8, 4) is 0 Å². The Morgan fingerprint density at radius 1 is 1.17 bits per heavy atom. The molecule has 3 rings (SSSR count). The maximum atomic E-state index is 12.6. The molecule has 0 saturated carbocycles. The standard InChI is InChI=1S/C16H23N3O3S.ClH/c1-12-2-4-15(5-3-12)23(21,22)19-8-6-14(7-9-19)18-16(20)13-10-17-11-13;/h2-5,13-14,17H,6-11H2,1H3,(H,18,20);1H. The molecule has 0 radical (unpaired) electrons. The van der Waals surface area contributed by atoms with Crippen LogP contribution in [0.25, 0.3) is 0 Å². The minimum Gasteiger partial charge on any atom is -0.353 e. The van der Waals surface area contributed by atoms with Crippen LogP contribution in [0.4, 0.5) is 0 Å². The zero-order valence-corrected chi connectivity index (χ0v) is 15.3. The Morgan fingerprint density at radius 3 is 2.25 bits per heavy atom. The van der Waals surface area contributed by atoms with Gasteiger partial charge in [0.25, 0.3) is 0 Å². The van der Waals surface area contributed by atoms with Gasteiger partial charge in [-0.2, -0.15) is 4.31 Å². The van der Waals surface area contributed by atoms with Crippen LogP contribution in [0.3, 0.4) is 0 Å². The van der Waals surface area contributed by atoms with Gasteiger partial charge in [0.2, 0.25) is 15.9 Å². The summed E-state index contributed by atoms with van der Waals surface area (Å²) in [6.07, 6.45) is 1.33. The number of sulfonamides is 1. The number of hydrogen-bond acceptors (Lipinski definition) is 4. The molecule has 0 spiro atoms. The minimum absolute atomic E-state index is 0. The third-order valence-corrected chi connectivity index (χ3v) is 6.52. The lowest BCUT2D eigenvalue weighted by atomic mass is 10.0. The number of carbonyl (C=O) groups is 1. The van der Waals surface area contributed by atoms with Gasteiger partial charge in [-0.05, 0) is 31.9 Å². The second-order valence-electron chi connectivity index (χ2n) is 6.36. The Hall–Kier alpha value is -1.15. The van der Waals surface area contributed by atoms with Crippen molar-refractivity contribution < 1.29 is 13.2 Å². The third-order valence-electron chi connectivity index (χ3n) is 4.61. The first-order valence-electron chi connectivity index (χ1n) is 8.05. The highest BCUT2D eigenvalue weighted by Gasteiger charge is 2.32. The number of rotatable bonds is 4. The van der Waals surface area contributed by atoms with E-state index in [1.807, 2.05) is 19.1 Å². The van der Waals surface area contributed by atoms with E-state index in [-0.39, 0.29) is 30.3 Å². The van der Waals surface area contributed by atoms with Crippen molar-refractivity contribution in [2.75, 3.05) is 26.2 Å². The normalized spacial score (nSPS) is 20.0. The summed E-state index contributed by atoms with van der Waals surface area (Å²) in [6, 6.07) is 7.01. The van der Waals surface area contributed by atoms with Crippen LogP contribution in [0.1, 0.15) is 18.4 Å². The number of nitrogens with zero attached hydrogens (tertiary/aromatic N) is 1. The van der Waals surface area contributed by atoms with Crippen LogP contribution in [0.15, 0.2) is 29.2 Å². The largest absolute Gasteiger partial charge is 0.353 e. The van der Waals surface area contributed by atoms with Gasteiger partial charge in [0, 0.05) is 32.2 Å². The quantitative estimate of drug-likeness (QED) is 0.822. The van der Waals surface area contributed by atoms with Crippen molar-refractivity contribution in [1.29, 1.82) is 0 Å². The maximum Gasteiger partial charge on any atom is 0.243 e. The molecule has 2 aliphatic rings. The molecule has 2 saturated heterocycles. The van der Waals surface area contributed by atoms with Gasteiger partial charge in [0.05, 0.1) is 10.8 Å². The van der Waals surface area contributed by atoms with Crippen LogP contribution in [-0.2, 0) is 14.8 Å². The summed E-state index contributed by atoms with van der Waals surface area (Å²) in [5.41, 5.74) is 1.04. The summed E-state index contributed by atoms with van der Waals surface area (Å²) < 4.78 is 26.8. The lowest BCUT2D eigenvalue weighted by molar-refractivity contribution is -0.127. The van der Waals surface area contributed by atoms with E-state index in [9.17, 15) is 13.2 Å². The van der Waals surface area contributed by atoms with Crippen molar-refractivity contribution in [2.45, 2.75) is 30.7 Å². The predicted octanol–water partition coefficient (Wildman–Crippen LogP) is 0.906. The van der Waals surface area contributed by atoms with E-state index in [1.165, 1.54) is 4.31 Å². The lowest BCUT2D eigenvalue weighted by Crippen LogP contribution is -2.54. The fourth-order valence-corrected chi connectivity index (χ4v) is 4.36. The second kappa shape index (κ2) is 7.82. The van der Waals surface area contributed by atoms with Gasteiger partial charge in [-0.25, -0.2) is 8.42 Å². The summed E-state index contributed by atoms with van der Waals surface area (Å²) in [7, 11) is -3.43. The molecule has 0 aromatic heterocycles. The molecule has 2 heterocycles. The molecule has 8 heteroatoms. The Kier molecular flexibility index (Phi) is 6.25. The van der Waals surface area contributed by atoms with Gasteiger partial charge in [0.1, 0.15) is 0 Å². The summed E-state index contributed by atoms with van der Waals surface area (Å²) in [5, 5.41) is 6.12. The Balaban J connectivity index is 0.00000208. The SMILES string of the molecule is Cc1ccc(S(=O)(=O)N2CCC(NC(=O)C3CNC3)CC2)cc1.Cl. The number of carbonyl (C=O) groups excluding carboxylic acids is 1. The van der Waals surface area contributed by atoms with Crippen LogP contribution in [0.5, 0.6) is 0 Å². The first-order valence-corrected chi connectivity index (χ1v) is 9.49. The Bertz CT molecular complexity index is 666. The first kappa shape index (κ1) is 19.2. The highest BCUT2D eigenvalue weighted by Crippen LogP contribution is 2.21. The maximum absolute atomic E-state index is 12.6. The second-order valence-corrected chi connectivity index (χ2v) is 8.29. The highest BCUT2D eigenvalue weighted by molar-refractivity contribution is 7.89. The van der Waals surface area contributed by atoms with Crippen molar-refractivity contribution in [1.82, 2.24) is 14.9 Å². The topological polar surface area (TPSA) is 78.5 Å². The number of nitrogens with one attached hydrogen (secondary N) is 2. The van der Waals surface area contributed by atoms with Gasteiger partial charge in [0.15, 0.2) is 0 Å². The third kappa shape index (κ3) is 4.08. The van der Waals surface area contributed by atoms with E-state index in [1.54, 1.807) is 12.1 Å². The molecule has 2 N–H and O–H groups in total. The monoisotopic (exact) mass is 373 g/mol. The van der Waals surface area contributed by atoms with E-state index >= 15 is 0 Å². The highest BCUT2D eigenvalue weighted by atomic mass is 35.5. The van der Waals surface area contributed by atoms with E-state index in [4.69, 9.17) is 0 Å². The van der Waals surface area contributed by atoms with Crippen LogP contribution in [0, 0.1) is 12.8 Å². The van der Waals surface area contributed by atoms with Gasteiger partial charge < -0.3 is 10.6 Å². The smallest absolute Gasteiger partial charge is 0.243 e. The average molecular weight is 374 g/mol. The zero-order valence-electron chi connectivity index (χ0n) is 13.7. The number of piperidine rings is 1. The average Bonchev–Trinajstić information content (AvgIpc) is 2.46. The van der Waals surface area contributed by atoms with Crippen LogP contribution in [-0.4, -0.2) is 50.9 Å². The number of amides is 1. The van der Waals surface area contributed by atoms with Crippen LogP contribution < -0.4 is 10.6 Å². The first-order chi connectivity index (χ1) is 11.0. The van der Waals surface area contributed by atoms with Gasteiger partial charge in [-0.3, -0.25) is 4.79 Å². The molecule has 24 heavy (non-hydrogen) atoms. The minimum atomic E-state index is -3.43. The Morgan fingerprint density at radius 2 is 1.75 bits per heavy atom. The van der Waals surface area contributed by atoms with E-state index < -0.39 is 10.0 Å².